The molecule has 29 heavy (non-hydrogen) atoms. The van der Waals surface area contributed by atoms with Crippen LogP contribution >= 0.6 is 11.6 Å². The number of nitrogens with zero attached hydrogens (tertiary/aromatic N) is 2. The summed E-state index contributed by atoms with van der Waals surface area (Å²) in [4.78, 5) is 26.1. The normalized spacial score (nSPS) is 15.4. The molecule has 0 spiro atoms. The number of rotatable bonds is 4. The van der Waals surface area contributed by atoms with Crippen molar-refractivity contribution < 1.29 is 27.2 Å². The van der Waals surface area contributed by atoms with Crippen molar-refractivity contribution >= 4 is 33.5 Å². The van der Waals surface area contributed by atoms with Gasteiger partial charge in [-0.1, -0.05) is 11.6 Å². The lowest BCUT2D eigenvalue weighted by Crippen LogP contribution is -2.50. The van der Waals surface area contributed by atoms with Gasteiger partial charge in [-0.05, 0) is 38.1 Å². The first-order valence-electron chi connectivity index (χ1n) is 8.90. The number of carbonyl (C=O) groups is 2. The molecule has 0 N–H and O–H groups in total. The maximum atomic E-state index is 13.2. The van der Waals surface area contributed by atoms with Crippen molar-refractivity contribution in [1.29, 1.82) is 0 Å². The average molecular weight is 441 g/mol. The summed E-state index contributed by atoms with van der Waals surface area (Å²) in [6, 6.07) is 6.53. The zero-order valence-corrected chi connectivity index (χ0v) is 17.8. The first-order valence-corrected chi connectivity index (χ1v) is 10.7. The Kier molecular flexibility index (Phi) is 6.02. The lowest BCUT2D eigenvalue weighted by atomic mass is 10.2. The Balaban J connectivity index is 1.79. The van der Waals surface area contributed by atoms with Crippen molar-refractivity contribution in [3.05, 3.63) is 51.9 Å². The molecule has 0 bridgehead atoms. The minimum atomic E-state index is -3.99. The molecule has 8 nitrogen and oxygen atoms in total. The highest BCUT2D eigenvalue weighted by Gasteiger charge is 2.37. The summed E-state index contributed by atoms with van der Waals surface area (Å²) < 4.78 is 37.7. The predicted octanol–water partition coefficient (Wildman–Crippen LogP) is 2.48. The van der Waals surface area contributed by atoms with Crippen LogP contribution in [-0.2, 0) is 14.8 Å². The van der Waals surface area contributed by atoms with Crippen molar-refractivity contribution in [3.8, 4) is 0 Å². The molecule has 1 saturated heterocycles. The number of methoxy groups -OCH3 is 1. The van der Waals surface area contributed by atoms with Crippen LogP contribution in [0.15, 0.2) is 33.6 Å². The van der Waals surface area contributed by atoms with Crippen LogP contribution in [-0.4, -0.2) is 62.8 Å². The predicted molar refractivity (Wildman–Crippen MR) is 106 cm³/mol. The summed E-state index contributed by atoms with van der Waals surface area (Å²) in [7, 11) is -2.81. The molecule has 2 aromatic rings. The fourth-order valence-corrected chi connectivity index (χ4v) is 5.27. The average Bonchev–Trinajstić information content (AvgIpc) is 3.02. The molecule has 0 aliphatic carbocycles. The zero-order chi connectivity index (χ0) is 21.3. The van der Waals surface area contributed by atoms with Gasteiger partial charge in [-0.3, -0.25) is 4.79 Å². The molecule has 1 aliphatic heterocycles. The van der Waals surface area contributed by atoms with E-state index in [2.05, 4.69) is 0 Å². The lowest BCUT2D eigenvalue weighted by Gasteiger charge is -2.34. The quantitative estimate of drug-likeness (QED) is 0.677. The number of benzene rings is 1. The van der Waals surface area contributed by atoms with Gasteiger partial charge < -0.3 is 14.1 Å². The SMILES string of the molecule is COC(=O)c1c(C)oc(C)c1S(=O)(=O)N1CCN(C(=O)c2ccc(Cl)cc2)CC1. The molecular weight excluding hydrogens is 420 g/mol. The van der Waals surface area contributed by atoms with Crippen LogP contribution in [0.1, 0.15) is 32.2 Å². The van der Waals surface area contributed by atoms with Crippen LogP contribution in [0.25, 0.3) is 0 Å². The summed E-state index contributed by atoms with van der Waals surface area (Å²) in [5.41, 5.74) is 0.393. The molecule has 2 heterocycles. The standard InChI is InChI=1S/C19H21ClN2O6S/c1-12-16(19(24)27-3)17(13(2)28-12)29(25,26)22-10-8-21(9-11-22)18(23)14-4-6-15(20)7-5-14/h4-7H,8-11H2,1-3H3. The number of aryl methyl sites for hydroxylation is 2. The molecule has 0 radical (unpaired) electrons. The Morgan fingerprint density at radius 3 is 2.17 bits per heavy atom. The van der Waals surface area contributed by atoms with Gasteiger partial charge in [0.25, 0.3) is 5.91 Å². The van der Waals surface area contributed by atoms with Gasteiger partial charge in [0, 0.05) is 36.8 Å². The Morgan fingerprint density at radius 1 is 1.03 bits per heavy atom. The summed E-state index contributed by atoms with van der Waals surface area (Å²) >= 11 is 5.85. The van der Waals surface area contributed by atoms with Gasteiger partial charge in [0.1, 0.15) is 22.0 Å². The number of furan rings is 1. The Labute approximate surface area is 174 Å². The van der Waals surface area contributed by atoms with E-state index in [4.69, 9.17) is 20.8 Å². The van der Waals surface area contributed by atoms with E-state index in [0.717, 1.165) is 0 Å². The molecule has 3 rings (SSSR count). The number of amides is 1. The Hall–Kier alpha value is -2.36. The second-order valence-electron chi connectivity index (χ2n) is 6.61. The minimum absolute atomic E-state index is 0.0929. The van der Waals surface area contributed by atoms with Crippen LogP contribution in [0.2, 0.25) is 5.02 Å². The molecule has 1 aromatic heterocycles. The molecular formula is C19H21ClN2O6S. The van der Waals surface area contributed by atoms with Crippen molar-refractivity contribution in [1.82, 2.24) is 9.21 Å². The molecule has 0 atom stereocenters. The van der Waals surface area contributed by atoms with Crippen LogP contribution in [0, 0.1) is 13.8 Å². The number of hydrogen-bond acceptors (Lipinski definition) is 6. The second kappa shape index (κ2) is 8.17. The molecule has 1 amide bonds. The van der Waals surface area contributed by atoms with Gasteiger partial charge in [-0.15, -0.1) is 0 Å². The molecule has 1 aromatic carbocycles. The molecule has 156 valence electrons. The van der Waals surface area contributed by atoms with Crippen LogP contribution in [0.5, 0.6) is 0 Å². The van der Waals surface area contributed by atoms with Gasteiger partial charge in [0.05, 0.1) is 7.11 Å². The number of piperazine rings is 1. The first kappa shape index (κ1) is 21.4. The fourth-order valence-electron chi connectivity index (χ4n) is 3.35. The largest absolute Gasteiger partial charge is 0.465 e. The number of halogens is 1. The summed E-state index contributed by atoms with van der Waals surface area (Å²) in [6.07, 6.45) is 0. The van der Waals surface area contributed by atoms with E-state index in [9.17, 15) is 18.0 Å². The monoisotopic (exact) mass is 440 g/mol. The maximum Gasteiger partial charge on any atom is 0.342 e. The minimum Gasteiger partial charge on any atom is -0.465 e. The highest BCUT2D eigenvalue weighted by atomic mass is 35.5. The van der Waals surface area contributed by atoms with Crippen LogP contribution in [0.4, 0.5) is 0 Å². The highest BCUT2D eigenvalue weighted by molar-refractivity contribution is 7.89. The third kappa shape index (κ3) is 4.03. The number of sulfonamides is 1. The number of carbonyl (C=O) groups excluding carboxylic acids is 2. The first-order chi connectivity index (χ1) is 13.7. The van der Waals surface area contributed by atoms with Crippen molar-refractivity contribution in [3.63, 3.8) is 0 Å². The fraction of sp³-hybridized carbons (Fsp3) is 0.368. The van der Waals surface area contributed by atoms with E-state index in [1.807, 2.05) is 0 Å². The summed E-state index contributed by atoms with van der Waals surface area (Å²) in [5.74, 6) is -0.647. The van der Waals surface area contributed by atoms with Crippen molar-refractivity contribution in [2.75, 3.05) is 33.3 Å². The topological polar surface area (TPSA) is 97.1 Å². The third-order valence-electron chi connectivity index (χ3n) is 4.81. The van der Waals surface area contributed by atoms with E-state index >= 15 is 0 Å². The van der Waals surface area contributed by atoms with Crippen LogP contribution < -0.4 is 0 Å². The number of ether oxygens (including phenoxy) is 1. The van der Waals surface area contributed by atoms with E-state index in [1.165, 1.54) is 25.3 Å². The Bertz CT molecular complexity index is 1040. The highest BCUT2D eigenvalue weighted by Crippen LogP contribution is 2.30. The van der Waals surface area contributed by atoms with E-state index in [1.54, 1.807) is 29.2 Å². The van der Waals surface area contributed by atoms with Crippen molar-refractivity contribution in [2.45, 2.75) is 18.7 Å². The molecule has 1 fully saturated rings. The van der Waals surface area contributed by atoms with E-state index in [-0.39, 0.29) is 54.1 Å². The molecule has 0 unspecified atom stereocenters. The zero-order valence-electron chi connectivity index (χ0n) is 16.3. The van der Waals surface area contributed by atoms with Gasteiger partial charge in [0.2, 0.25) is 10.0 Å². The smallest absolute Gasteiger partial charge is 0.342 e. The Morgan fingerprint density at radius 2 is 1.62 bits per heavy atom. The van der Waals surface area contributed by atoms with Gasteiger partial charge >= 0.3 is 5.97 Å². The number of hydrogen-bond donors (Lipinski definition) is 0. The maximum absolute atomic E-state index is 13.2. The van der Waals surface area contributed by atoms with Gasteiger partial charge in [-0.25, -0.2) is 13.2 Å². The van der Waals surface area contributed by atoms with Gasteiger partial charge in [0.15, 0.2) is 0 Å². The van der Waals surface area contributed by atoms with Crippen molar-refractivity contribution in [2.24, 2.45) is 0 Å². The van der Waals surface area contributed by atoms with Gasteiger partial charge in [-0.2, -0.15) is 4.31 Å². The van der Waals surface area contributed by atoms with E-state index < -0.39 is 16.0 Å². The second-order valence-corrected chi connectivity index (χ2v) is 8.92. The lowest BCUT2D eigenvalue weighted by molar-refractivity contribution is 0.0594. The third-order valence-corrected chi connectivity index (χ3v) is 7.11. The molecule has 10 heteroatoms. The molecule has 1 aliphatic rings. The summed E-state index contributed by atoms with van der Waals surface area (Å²) in [6.45, 7) is 3.67. The van der Waals surface area contributed by atoms with E-state index in [0.29, 0.717) is 10.6 Å². The molecule has 0 saturated carbocycles. The number of esters is 1. The summed E-state index contributed by atoms with van der Waals surface area (Å²) in [5, 5.41) is 0.532. The van der Waals surface area contributed by atoms with Crippen LogP contribution in [0.3, 0.4) is 0 Å².